The molecule has 33 heavy (non-hydrogen) atoms. The molecule has 0 bridgehead atoms. The van der Waals surface area contributed by atoms with Crippen molar-refractivity contribution in [2.45, 2.75) is 45.3 Å². The van der Waals surface area contributed by atoms with Crippen molar-refractivity contribution >= 4 is 5.91 Å². The van der Waals surface area contributed by atoms with Crippen LogP contribution in [0.4, 0.5) is 13.2 Å². The first-order valence-corrected chi connectivity index (χ1v) is 11.1. The van der Waals surface area contributed by atoms with Gasteiger partial charge >= 0.3 is 6.18 Å². The molecule has 1 amide bonds. The minimum Gasteiger partial charge on any atom is -0.376 e. The smallest absolute Gasteiger partial charge is 0.376 e. The van der Waals surface area contributed by atoms with Gasteiger partial charge in [-0.25, -0.2) is 0 Å². The van der Waals surface area contributed by atoms with E-state index in [4.69, 9.17) is 9.47 Å². The van der Waals surface area contributed by atoms with E-state index < -0.39 is 11.7 Å². The van der Waals surface area contributed by atoms with Crippen LogP contribution in [0.15, 0.2) is 36.5 Å². The Hall–Kier alpha value is -2.49. The van der Waals surface area contributed by atoms with E-state index in [0.29, 0.717) is 45.0 Å². The van der Waals surface area contributed by atoms with Gasteiger partial charge in [-0.3, -0.25) is 14.7 Å². The summed E-state index contributed by atoms with van der Waals surface area (Å²) in [6.07, 6.45) is -2.92. The normalized spacial score (nSPS) is 21.3. The highest BCUT2D eigenvalue weighted by Gasteiger charge is 2.35. The molecule has 2 atom stereocenters. The number of alkyl halides is 3. The number of amides is 1. The number of aromatic nitrogens is 1. The lowest BCUT2D eigenvalue weighted by molar-refractivity contribution is -0.137. The number of ether oxygens (including phenoxy) is 2. The number of nitrogens with zero attached hydrogens (tertiary/aromatic N) is 2. The lowest BCUT2D eigenvalue weighted by atomic mass is 9.99. The van der Waals surface area contributed by atoms with Gasteiger partial charge in [-0.05, 0) is 35.2 Å². The van der Waals surface area contributed by atoms with Crippen molar-refractivity contribution < 1.29 is 27.4 Å². The number of carbonyl (C=O) groups is 1. The summed E-state index contributed by atoms with van der Waals surface area (Å²) in [5.41, 5.74) is 2.50. The number of benzene rings is 1. The van der Waals surface area contributed by atoms with E-state index in [-0.39, 0.29) is 24.0 Å². The predicted octanol–water partition coefficient (Wildman–Crippen LogP) is 3.96. The summed E-state index contributed by atoms with van der Waals surface area (Å²) in [4.78, 5) is 19.4. The third-order valence-corrected chi connectivity index (χ3v) is 5.98. The van der Waals surface area contributed by atoms with Crippen LogP contribution in [-0.2, 0) is 28.7 Å². The topological polar surface area (TPSA) is 63.7 Å². The molecule has 1 N–H and O–H groups in total. The van der Waals surface area contributed by atoms with Gasteiger partial charge in [-0.15, -0.1) is 0 Å². The minimum atomic E-state index is -4.35. The molecule has 2 aliphatic heterocycles. The first kappa shape index (κ1) is 23.7. The largest absolute Gasteiger partial charge is 0.416 e. The maximum Gasteiger partial charge on any atom is 0.416 e. The van der Waals surface area contributed by atoms with Crippen LogP contribution in [0.1, 0.15) is 52.6 Å². The zero-order chi connectivity index (χ0) is 23.6. The molecule has 0 saturated carbocycles. The molecule has 2 unspecified atom stereocenters. The number of carbonyl (C=O) groups excluding carboxylic acids is 1. The van der Waals surface area contributed by atoms with Crippen molar-refractivity contribution in [1.82, 2.24) is 15.2 Å². The fourth-order valence-corrected chi connectivity index (χ4v) is 4.42. The number of hydrogen-bond donors (Lipinski definition) is 1. The number of halogens is 3. The number of hydrogen-bond acceptors (Lipinski definition) is 5. The molecule has 0 aliphatic carbocycles. The van der Waals surface area contributed by atoms with E-state index in [1.165, 1.54) is 12.1 Å². The molecule has 9 heteroatoms. The first-order valence-electron chi connectivity index (χ1n) is 11.1. The van der Waals surface area contributed by atoms with Crippen LogP contribution in [0, 0.1) is 5.92 Å². The summed E-state index contributed by atoms with van der Waals surface area (Å²) in [5, 5.41) is 2.87. The van der Waals surface area contributed by atoms with Gasteiger partial charge < -0.3 is 14.8 Å². The van der Waals surface area contributed by atoms with Gasteiger partial charge in [0.2, 0.25) is 0 Å². The van der Waals surface area contributed by atoms with E-state index >= 15 is 0 Å². The molecule has 3 heterocycles. The number of fused-ring (bicyclic) bond motifs is 1. The van der Waals surface area contributed by atoms with Crippen LogP contribution in [0.3, 0.4) is 0 Å². The molecular weight excluding hydrogens is 435 g/mol. The van der Waals surface area contributed by atoms with E-state index in [1.807, 2.05) is 6.07 Å². The third-order valence-electron chi connectivity index (χ3n) is 5.98. The molecule has 178 valence electrons. The Balaban J connectivity index is 1.45. The van der Waals surface area contributed by atoms with Crippen LogP contribution in [0.25, 0.3) is 0 Å². The van der Waals surface area contributed by atoms with E-state index in [1.54, 1.807) is 6.20 Å². The average molecular weight is 464 g/mol. The average Bonchev–Trinajstić information content (AvgIpc) is 3.15. The molecule has 2 aliphatic rings. The Bertz CT molecular complexity index is 973. The van der Waals surface area contributed by atoms with Crippen molar-refractivity contribution in [3.05, 3.63) is 64.5 Å². The number of pyridine rings is 1. The summed E-state index contributed by atoms with van der Waals surface area (Å²) in [5.74, 6) is 0.0260. The fourth-order valence-electron chi connectivity index (χ4n) is 4.42. The Morgan fingerprint density at radius 1 is 1.24 bits per heavy atom. The molecule has 1 aromatic heterocycles. The lowest BCUT2D eigenvalue weighted by Crippen LogP contribution is -2.39. The summed E-state index contributed by atoms with van der Waals surface area (Å²) >= 11 is 0. The number of nitrogens with one attached hydrogen (secondary N) is 1. The second kappa shape index (κ2) is 9.79. The first-order chi connectivity index (χ1) is 15.7. The minimum absolute atomic E-state index is 0.0205. The highest BCUT2D eigenvalue weighted by atomic mass is 19.4. The van der Waals surface area contributed by atoms with Crippen molar-refractivity contribution in [2.24, 2.45) is 5.92 Å². The maximum atomic E-state index is 12.9. The van der Waals surface area contributed by atoms with E-state index in [9.17, 15) is 18.0 Å². The zero-order valence-electron chi connectivity index (χ0n) is 18.7. The van der Waals surface area contributed by atoms with Crippen molar-refractivity contribution in [3.8, 4) is 0 Å². The molecule has 0 radical (unpaired) electrons. The molecule has 1 saturated heterocycles. The van der Waals surface area contributed by atoms with E-state index in [0.717, 1.165) is 29.0 Å². The van der Waals surface area contributed by atoms with Crippen LogP contribution in [0.5, 0.6) is 0 Å². The van der Waals surface area contributed by atoms with Gasteiger partial charge in [0.05, 0.1) is 48.8 Å². The summed E-state index contributed by atoms with van der Waals surface area (Å²) in [6, 6.07) is 7.15. The third kappa shape index (κ3) is 5.54. The van der Waals surface area contributed by atoms with Gasteiger partial charge in [-0.1, -0.05) is 26.0 Å². The predicted molar refractivity (Wildman–Crippen MR) is 115 cm³/mol. The van der Waals surface area contributed by atoms with Crippen LogP contribution >= 0.6 is 0 Å². The summed E-state index contributed by atoms with van der Waals surface area (Å²) in [7, 11) is 0. The summed E-state index contributed by atoms with van der Waals surface area (Å²) in [6.45, 7) is 7.17. The highest BCUT2D eigenvalue weighted by Crippen LogP contribution is 2.39. The van der Waals surface area contributed by atoms with Gasteiger partial charge in [0, 0.05) is 25.8 Å². The summed E-state index contributed by atoms with van der Waals surface area (Å²) < 4.78 is 49.5. The monoisotopic (exact) mass is 463 g/mol. The van der Waals surface area contributed by atoms with Gasteiger partial charge in [0.1, 0.15) is 0 Å². The Kier molecular flexibility index (Phi) is 7.02. The zero-order valence-corrected chi connectivity index (χ0v) is 18.7. The van der Waals surface area contributed by atoms with Gasteiger partial charge in [0.25, 0.3) is 5.91 Å². The SMILES string of the molecule is CC(C)C1c2ncc(C(=O)NCC3COCCO3)cc2CN1Cc1ccc(C(F)(F)F)cc1. The molecule has 4 rings (SSSR count). The molecule has 1 fully saturated rings. The molecule has 6 nitrogen and oxygen atoms in total. The van der Waals surface area contributed by atoms with Crippen LogP contribution in [-0.4, -0.2) is 48.3 Å². The fraction of sp³-hybridized carbons (Fsp3) is 0.500. The van der Waals surface area contributed by atoms with Crippen LogP contribution in [0.2, 0.25) is 0 Å². The molecule has 1 aromatic carbocycles. The Morgan fingerprint density at radius 2 is 2.00 bits per heavy atom. The van der Waals surface area contributed by atoms with Crippen molar-refractivity contribution in [2.75, 3.05) is 26.4 Å². The second-order valence-electron chi connectivity index (χ2n) is 8.83. The van der Waals surface area contributed by atoms with E-state index in [2.05, 4.69) is 29.0 Å². The van der Waals surface area contributed by atoms with Gasteiger partial charge in [0.15, 0.2) is 0 Å². The maximum absolute atomic E-state index is 12.9. The molecule has 2 aromatic rings. The molecular formula is C24H28F3N3O3. The quantitative estimate of drug-likeness (QED) is 0.703. The lowest BCUT2D eigenvalue weighted by Gasteiger charge is -2.27. The molecule has 0 spiro atoms. The Morgan fingerprint density at radius 3 is 2.64 bits per heavy atom. The van der Waals surface area contributed by atoms with Crippen molar-refractivity contribution in [3.63, 3.8) is 0 Å². The van der Waals surface area contributed by atoms with Gasteiger partial charge in [-0.2, -0.15) is 13.2 Å². The van der Waals surface area contributed by atoms with Crippen LogP contribution < -0.4 is 5.32 Å². The Labute approximate surface area is 191 Å². The standard InChI is InChI=1S/C24H28F3N3O3/c1-15(2)22-21-18(13-30(22)12-16-3-5-19(6-4-16)24(25,26)27)9-17(10-28-21)23(31)29-11-20-14-32-7-8-33-20/h3-6,9-10,15,20,22H,7-8,11-14H2,1-2H3,(H,29,31). The number of rotatable bonds is 6. The highest BCUT2D eigenvalue weighted by molar-refractivity contribution is 5.94. The second-order valence-corrected chi connectivity index (χ2v) is 8.83. The van der Waals surface area contributed by atoms with Crippen molar-refractivity contribution in [1.29, 1.82) is 0 Å².